The van der Waals surface area contributed by atoms with Crippen LogP contribution in [0.1, 0.15) is 16.7 Å². The molecule has 0 unspecified atom stereocenters. The van der Waals surface area contributed by atoms with Gasteiger partial charge in [0.05, 0.1) is 6.54 Å². The van der Waals surface area contributed by atoms with Crippen molar-refractivity contribution in [1.29, 1.82) is 0 Å². The van der Waals surface area contributed by atoms with E-state index < -0.39 is 0 Å². The van der Waals surface area contributed by atoms with Gasteiger partial charge >= 0.3 is 0 Å². The molecule has 8 aromatic carbocycles. The van der Waals surface area contributed by atoms with Crippen molar-refractivity contribution in [3.63, 3.8) is 0 Å². The first kappa shape index (κ1) is 33.5. The zero-order valence-corrected chi connectivity index (χ0v) is 31.2. The molecule has 0 saturated heterocycles. The molecule has 0 fully saturated rings. The minimum Gasteiger partial charge on any atom is -0.456 e. The number of thiophene rings is 1. The number of furan rings is 1. The third-order valence-electron chi connectivity index (χ3n) is 10.4. The topological polar surface area (TPSA) is 63.9 Å². The number of aliphatic imine (C=N–C) groups is 2. The number of fused-ring (bicyclic) bond motifs is 6. The van der Waals surface area contributed by atoms with E-state index in [4.69, 9.17) is 20.1 Å². The predicted octanol–water partition coefficient (Wildman–Crippen LogP) is 13.3. The molecule has 10 aromatic rings. The molecular weight excluding hydrogens is 703 g/mol. The van der Waals surface area contributed by atoms with Crippen LogP contribution in [0.3, 0.4) is 0 Å². The second kappa shape index (κ2) is 14.3. The number of para-hydroxylation sites is 1. The highest BCUT2D eigenvalue weighted by molar-refractivity contribution is 7.26. The monoisotopic (exact) mass is 737 g/mol. The predicted molar refractivity (Wildman–Crippen MR) is 237 cm³/mol. The smallest absolute Gasteiger partial charge is 0.158 e. The molecule has 2 aromatic heterocycles. The van der Waals surface area contributed by atoms with Crippen LogP contribution in [0.4, 0.5) is 0 Å². The van der Waals surface area contributed by atoms with E-state index in [-0.39, 0.29) is 0 Å². The molecule has 5 heteroatoms. The van der Waals surface area contributed by atoms with Crippen molar-refractivity contribution in [3.8, 4) is 33.4 Å². The standard InChI is InChI=1S/C51H35N3OS/c52-50(37-18-8-3-9-19-37)54-51(53-32-33-14-4-1-5-15-33)42-23-13-25-46-48(42)41-22-12-21-39(49(41)56-46)38-30-43(47-40-20-10-11-24-44(40)55-45(47)31-38)36-28-26-35(27-29-36)34-16-6-2-7-17-34/h1-31H,32H2,(H2,52,53,54). The van der Waals surface area contributed by atoms with Gasteiger partial charge in [-0.05, 0) is 63.2 Å². The summed E-state index contributed by atoms with van der Waals surface area (Å²) in [6, 6.07) is 65.4. The highest BCUT2D eigenvalue weighted by atomic mass is 32.1. The first-order valence-electron chi connectivity index (χ1n) is 18.7. The van der Waals surface area contributed by atoms with E-state index in [1.165, 1.54) is 15.8 Å². The Morgan fingerprint density at radius 2 is 1.18 bits per heavy atom. The molecule has 0 aliphatic rings. The largest absolute Gasteiger partial charge is 0.456 e. The van der Waals surface area contributed by atoms with Gasteiger partial charge in [0.2, 0.25) is 0 Å². The minimum atomic E-state index is 0.429. The Kier molecular flexibility index (Phi) is 8.55. The Hall–Kier alpha value is -7.08. The number of nitrogens with zero attached hydrogens (tertiary/aromatic N) is 2. The van der Waals surface area contributed by atoms with E-state index in [1.54, 1.807) is 11.3 Å². The molecule has 0 bridgehead atoms. The van der Waals surface area contributed by atoms with Crippen molar-refractivity contribution in [3.05, 3.63) is 205 Å². The van der Waals surface area contributed by atoms with Gasteiger partial charge in [0.25, 0.3) is 0 Å². The molecule has 0 spiro atoms. The molecule has 0 saturated carbocycles. The summed E-state index contributed by atoms with van der Waals surface area (Å²) in [5, 5.41) is 4.50. The van der Waals surface area contributed by atoms with E-state index in [9.17, 15) is 0 Å². The van der Waals surface area contributed by atoms with E-state index in [1.807, 2.05) is 54.6 Å². The number of amidine groups is 2. The summed E-state index contributed by atoms with van der Waals surface area (Å²) in [4.78, 5) is 10.1. The quantitative estimate of drug-likeness (QED) is 0.131. The Morgan fingerprint density at radius 1 is 0.518 bits per heavy atom. The molecule has 10 rings (SSSR count). The Balaban J connectivity index is 1.15. The number of hydrogen-bond acceptors (Lipinski definition) is 3. The lowest BCUT2D eigenvalue weighted by atomic mass is 9.93. The highest BCUT2D eigenvalue weighted by Gasteiger charge is 2.20. The maximum absolute atomic E-state index is 6.67. The molecule has 266 valence electrons. The van der Waals surface area contributed by atoms with Gasteiger partial charge in [-0.1, -0.05) is 164 Å². The first-order valence-corrected chi connectivity index (χ1v) is 19.5. The second-order valence-corrected chi connectivity index (χ2v) is 14.9. The van der Waals surface area contributed by atoms with Crippen molar-refractivity contribution in [2.75, 3.05) is 0 Å². The highest BCUT2D eigenvalue weighted by Crippen LogP contribution is 2.45. The third kappa shape index (κ3) is 6.14. The van der Waals surface area contributed by atoms with Crippen LogP contribution in [-0.2, 0) is 6.54 Å². The summed E-state index contributed by atoms with van der Waals surface area (Å²) in [7, 11) is 0. The Bertz CT molecular complexity index is 3090. The molecule has 0 aliphatic carbocycles. The van der Waals surface area contributed by atoms with E-state index in [2.05, 4.69) is 133 Å². The SMILES string of the molecule is NC(=NC(=NCc1ccccc1)c1cccc2sc3c(-c4cc(-c5ccc(-c6ccccc6)cc5)c5c(c4)oc4ccccc45)cccc3c12)c1ccccc1. The van der Waals surface area contributed by atoms with E-state index >= 15 is 0 Å². The second-order valence-electron chi connectivity index (χ2n) is 13.9. The van der Waals surface area contributed by atoms with Gasteiger partial charge in [0.15, 0.2) is 5.84 Å². The van der Waals surface area contributed by atoms with E-state index in [0.29, 0.717) is 18.2 Å². The molecule has 4 nitrogen and oxygen atoms in total. The van der Waals surface area contributed by atoms with Crippen molar-refractivity contribution in [2.45, 2.75) is 6.54 Å². The van der Waals surface area contributed by atoms with Crippen LogP contribution in [-0.4, -0.2) is 11.7 Å². The summed E-state index contributed by atoms with van der Waals surface area (Å²) >= 11 is 1.79. The van der Waals surface area contributed by atoms with Gasteiger partial charge in [-0.15, -0.1) is 11.3 Å². The fraction of sp³-hybridized carbons (Fsp3) is 0.0196. The Morgan fingerprint density at radius 3 is 1.98 bits per heavy atom. The third-order valence-corrected chi connectivity index (χ3v) is 11.6. The lowest BCUT2D eigenvalue weighted by Crippen LogP contribution is -2.16. The summed E-state index contributed by atoms with van der Waals surface area (Å²) in [6.45, 7) is 0.484. The molecule has 2 N–H and O–H groups in total. The van der Waals surface area contributed by atoms with E-state index in [0.717, 1.165) is 76.4 Å². The lowest BCUT2D eigenvalue weighted by Gasteiger charge is -2.11. The van der Waals surface area contributed by atoms with Crippen LogP contribution in [0.5, 0.6) is 0 Å². The van der Waals surface area contributed by atoms with Crippen LogP contribution >= 0.6 is 11.3 Å². The lowest BCUT2D eigenvalue weighted by molar-refractivity contribution is 0.669. The molecular formula is C51H35N3OS. The van der Waals surface area contributed by atoms with Crippen LogP contribution in [0, 0.1) is 0 Å². The summed E-state index contributed by atoms with van der Waals surface area (Å²) < 4.78 is 8.94. The molecule has 0 amide bonds. The molecule has 2 heterocycles. The van der Waals surface area contributed by atoms with Gasteiger partial charge in [-0.2, -0.15) is 0 Å². The molecule has 0 atom stereocenters. The van der Waals surface area contributed by atoms with Gasteiger partial charge in [-0.25, -0.2) is 4.99 Å². The van der Waals surface area contributed by atoms with Crippen LogP contribution < -0.4 is 5.73 Å². The molecule has 56 heavy (non-hydrogen) atoms. The zero-order valence-electron chi connectivity index (χ0n) is 30.4. The van der Waals surface area contributed by atoms with Gasteiger partial charge < -0.3 is 10.2 Å². The normalized spacial score (nSPS) is 12.3. The molecule has 0 aliphatic heterocycles. The van der Waals surface area contributed by atoms with Gasteiger partial charge in [0.1, 0.15) is 17.0 Å². The van der Waals surface area contributed by atoms with Crippen LogP contribution in [0.15, 0.2) is 202 Å². The van der Waals surface area contributed by atoms with Gasteiger partial charge in [0, 0.05) is 42.1 Å². The van der Waals surface area contributed by atoms with Crippen LogP contribution in [0.2, 0.25) is 0 Å². The molecule has 0 radical (unpaired) electrons. The Labute approximate surface area is 328 Å². The summed E-state index contributed by atoms with van der Waals surface area (Å²) in [5.41, 5.74) is 18.2. The van der Waals surface area contributed by atoms with Crippen molar-refractivity contribution >= 4 is 65.1 Å². The fourth-order valence-corrected chi connectivity index (χ4v) is 8.95. The van der Waals surface area contributed by atoms with Crippen molar-refractivity contribution in [2.24, 2.45) is 15.7 Å². The first-order chi connectivity index (χ1) is 27.7. The number of benzene rings is 8. The number of hydrogen-bond donors (Lipinski definition) is 1. The summed E-state index contributed by atoms with van der Waals surface area (Å²) in [5.74, 6) is 1.04. The maximum atomic E-state index is 6.67. The fourth-order valence-electron chi connectivity index (χ4n) is 7.69. The van der Waals surface area contributed by atoms with Crippen molar-refractivity contribution < 1.29 is 4.42 Å². The maximum Gasteiger partial charge on any atom is 0.158 e. The average Bonchev–Trinajstić information content (AvgIpc) is 3.84. The number of nitrogens with two attached hydrogens (primary N) is 1. The average molecular weight is 738 g/mol. The number of rotatable bonds is 7. The zero-order chi connectivity index (χ0) is 37.4. The van der Waals surface area contributed by atoms with Crippen molar-refractivity contribution in [1.82, 2.24) is 0 Å². The minimum absolute atomic E-state index is 0.429. The van der Waals surface area contributed by atoms with Gasteiger partial charge in [-0.3, -0.25) is 4.99 Å². The van der Waals surface area contributed by atoms with Crippen LogP contribution in [0.25, 0.3) is 75.5 Å². The summed E-state index contributed by atoms with van der Waals surface area (Å²) in [6.07, 6.45) is 0.